The summed E-state index contributed by atoms with van der Waals surface area (Å²) in [7, 11) is 0. The van der Waals surface area contributed by atoms with Crippen molar-refractivity contribution in [2.24, 2.45) is 0 Å². The molecule has 0 saturated heterocycles. The van der Waals surface area contributed by atoms with Crippen LogP contribution in [0.3, 0.4) is 0 Å². The van der Waals surface area contributed by atoms with Gasteiger partial charge in [-0.15, -0.1) is 13.2 Å². The van der Waals surface area contributed by atoms with E-state index in [0.29, 0.717) is 50.1 Å². The number of benzene rings is 3. The number of rotatable bonds is 9. The number of fused-ring (bicyclic) bond motifs is 1. The Kier molecular flexibility index (Phi) is 11.5. The number of carboxylic acid groups (broad SMARTS) is 1. The smallest absolute Gasteiger partial charge is 0.475 e. The number of aromatic nitrogens is 2. The molecule has 0 radical (unpaired) electrons. The quantitative estimate of drug-likeness (QED) is 0.221. The molecule has 1 atom stereocenters. The van der Waals surface area contributed by atoms with Crippen LogP contribution in [-0.2, 0) is 42.1 Å². The number of alkyl halides is 6. The van der Waals surface area contributed by atoms with Crippen molar-refractivity contribution >= 4 is 11.9 Å². The summed E-state index contributed by atoms with van der Waals surface area (Å²) >= 11 is 0. The number of amides is 1. The Balaban J connectivity index is 0.000000671. The van der Waals surface area contributed by atoms with Crippen LogP contribution in [0, 0.1) is 11.3 Å². The molecule has 1 amide bonds. The van der Waals surface area contributed by atoms with Gasteiger partial charge < -0.3 is 19.7 Å². The molecule has 4 aromatic rings. The van der Waals surface area contributed by atoms with Crippen molar-refractivity contribution in [3.8, 4) is 11.8 Å². The summed E-state index contributed by atoms with van der Waals surface area (Å²) in [6.45, 7) is 1.78. The Bertz CT molecular complexity index is 1750. The molecule has 0 unspecified atom stereocenters. The molecule has 0 aliphatic carbocycles. The van der Waals surface area contributed by atoms with Crippen LogP contribution in [0.25, 0.3) is 0 Å². The van der Waals surface area contributed by atoms with Crippen LogP contribution in [0.4, 0.5) is 26.3 Å². The lowest BCUT2D eigenvalue weighted by atomic mass is 9.93. The van der Waals surface area contributed by atoms with Gasteiger partial charge in [-0.25, -0.2) is 9.78 Å². The molecule has 1 aliphatic rings. The molecule has 5 rings (SSSR count). The van der Waals surface area contributed by atoms with Crippen LogP contribution >= 0.6 is 0 Å². The third-order valence-corrected chi connectivity index (χ3v) is 7.32. The number of hydrogen-bond donors (Lipinski definition) is 2. The van der Waals surface area contributed by atoms with Crippen molar-refractivity contribution in [2.45, 2.75) is 51.1 Å². The lowest BCUT2D eigenvalue weighted by Gasteiger charge is -2.36. The van der Waals surface area contributed by atoms with Crippen molar-refractivity contribution < 1.29 is 45.8 Å². The highest BCUT2D eigenvalue weighted by Crippen LogP contribution is 2.28. The van der Waals surface area contributed by atoms with Gasteiger partial charge >= 0.3 is 18.5 Å². The highest BCUT2D eigenvalue weighted by atomic mass is 19.4. The molecule has 0 fully saturated rings. The zero-order chi connectivity index (χ0) is 34.9. The fourth-order valence-corrected chi connectivity index (χ4v) is 5.09. The maximum Gasteiger partial charge on any atom is 0.573 e. The van der Waals surface area contributed by atoms with Gasteiger partial charge in [-0.1, -0.05) is 48.5 Å². The Hall–Kier alpha value is -5.36. The van der Waals surface area contributed by atoms with E-state index in [9.17, 15) is 31.1 Å². The van der Waals surface area contributed by atoms with Gasteiger partial charge in [-0.3, -0.25) is 9.69 Å². The maximum atomic E-state index is 13.5. The maximum absolute atomic E-state index is 13.5. The highest BCUT2D eigenvalue weighted by molar-refractivity contribution is 5.82. The number of aliphatic carboxylic acids is 1. The average Bonchev–Trinajstić information content (AvgIpc) is 3.46. The standard InChI is InChI=1S/C31H28F3N5O2.C2HF3O2/c32-31(33,34)41-28-7-3-4-24(14-28)19-38-20-26-6-2-1-5-25(26)15-29(38)30(40)37-13-12-27-17-36-21-39(27)18-23-10-8-22(16-35)9-11-23;3-2(4,5)1(6)7/h1-11,14,17,21,29H,12-13,15,18-20H2,(H,37,40);(H,6,7)/t29-;/m1./s1. The Morgan fingerprint density at radius 3 is 2.29 bits per heavy atom. The Labute approximate surface area is 271 Å². The molecule has 0 bridgehead atoms. The molecule has 0 saturated carbocycles. The molecular weight excluding hydrogens is 644 g/mol. The Morgan fingerprint density at radius 2 is 1.65 bits per heavy atom. The first-order chi connectivity index (χ1) is 22.7. The van der Waals surface area contributed by atoms with E-state index in [1.165, 1.54) is 18.2 Å². The van der Waals surface area contributed by atoms with Crippen molar-refractivity contribution in [3.05, 3.63) is 119 Å². The van der Waals surface area contributed by atoms with Crippen molar-refractivity contribution in [2.75, 3.05) is 6.54 Å². The third kappa shape index (κ3) is 10.3. The first-order valence-electron chi connectivity index (χ1n) is 14.4. The number of nitriles is 1. The fraction of sp³-hybridized carbons (Fsp3) is 0.273. The molecule has 1 aromatic heterocycles. The topological polar surface area (TPSA) is 120 Å². The van der Waals surface area contributed by atoms with Crippen molar-refractivity contribution in [1.82, 2.24) is 19.8 Å². The number of nitrogens with one attached hydrogen (secondary N) is 1. The summed E-state index contributed by atoms with van der Waals surface area (Å²) < 4.78 is 76.1. The normalized spacial score (nSPS) is 14.6. The molecule has 2 heterocycles. The zero-order valence-corrected chi connectivity index (χ0v) is 25.1. The van der Waals surface area contributed by atoms with E-state index < -0.39 is 24.5 Å². The van der Waals surface area contributed by atoms with Crippen LogP contribution in [0.15, 0.2) is 85.3 Å². The molecule has 48 heavy (non-hydrogen) atoms. The largest absolute Gasteiger partial charge is 0.573 e. The highest BCUT2D eigenvalue weighted by Gasteiger charge is 2.38. The van der Waals surface area contributed by atoms with Crippen LogP contribution in [-0.4, -0.2) is 56.6 Å². The number of imidazole rings is 1. The summed E-state index contributed by atoms with van der Waals surface area (Å²) in [6.07, 6.45) is -5.28. The van der Waals surface area contributed by atoms with Gasteiger partial charge in [0.25, 0.3) is 0 Å². The summed E-state index contributed by atoms with van der Waals surface area (Å²) in [6, 6.07) is 22.8. The summed E-state index contributed by atoms with van der Waals surface area (Å²) in [5, 5.41) is 19.2. The van der Waals surface area contributed by atoms with Crippen molar-refractivity contribution in [1.29, 1.82) is 5.26 Å². The number of nitrogens with zero attached hydrogens (tertiary/aromatic N) is 4. The minimum absolute atomic E-state index is 0.139. The fourth-order valence-electron chi connectivity index (χ4n) is 5.09. The second-order valence-electron chi connectivity index (χ2n) is 10.8. The average molecular weight is 674 g/mol. The van der Waals surface area contributed by atoms with Crippen molar-refractivity contribution in [3.63, 3.8) is 0 Å². The molecule has 0 spiro atoms. The van der Waals surface area contributed by atoms with Gasteiger partial charge in [0, 0.05) is 44.5 Å². The molecule has 3 aromatic carbocycles. The van der Waals surface area contributed by atoms with Gasteiger partial charge in [0.2, 0.25) is 5.91 Å². The molecular formula is C33H29F6N5O4. The first-order valence-corrected chi connectivity index (χ1v) is 14.4. The second kappa shape index (κ2) is 15.5. The predicted octanol–water partition coefficient (Wildman–Crippen LogP) is 5.62. The number of ether oxygens (including phenoxy) is 1. The van der Waals surface area contributed by atoms with Gasteiger partial charge in [0.15, 0.2) is 0 Å². The number of carbonyl (C=O) groups excluding carboxylic acids is 1. The second-order valence-corrected chi connectivity index (χ2v) is 10.8. The minimum Gasteiger partial charge on any atom is -0.475 e. The third-order valence-electron chi connectivity index (χ3n) is 7.32. The number of hydrogen-bond acceptors (Lipinski definition) is 6. The SMILES string of the molecule is N#Cc1ccc(Cn2cncc2CCNC(=O)[C@H]2Cc3ccccc3CN2Cc2cccc(OC(F)(F)F)c2)cc1.O=C(O)C(F)(F)F. The lowest BCUT2D eigenvalue weighted by Crippen LogP contribution is -2.50. The van der Waals surface area contributed by atoms with E-state index >= 15 is 0 Å². The van der Waals surface area contributed by atoms with Gasteiger partial charge in [-0.05, 0) is 52.9 Å². The number of carboxylic acids is 1. The van der Waals surface area contributed by atoms with Crippen LogP contribution in [0.2, 0.25) is 0 Å². The van der Waals surface area contributed by atoms with E-state index in [1.54, 1.807) is 30.7 Å². The summed E-state index contributed by atoms with van der Waals surface area (Å²) in [5.41, 5.74) is 5.39. The van der Waals surface area contributed by atoms with Crippen LogP contribution < -0.4 is 10.1 Å². The van der Waals surface area contributed by atoms with Crippen LogP contribution in [0.5, 0.6) is 5.75 Å². The molecule has 9 nitrogen and oxygen atoms in total. The van der Waals surface area contributed by atoms with E-state index in [1.807, 2.05) is 45.9 Å². The summed E-state index contributed by atoms with van der Waals surface area (Å²) in [4.78, 5) is 28.6. The van der Waals surface area contributed by atoms with E-state index in [-0.39, 0.29) is 11.7 Å². The Morgan fingerprint density at radius 1 is 0.958 bits per heavy atom. The molecule has 15 heteroatoms. The summed E-state index contributed by atoms with van der Waals surface area (Å²) in [5.74, 6) is -3.18. The molecule has 1 aliphatic heterocycles. The van der Waals surface area contributed by atoms with E-state index in [2.05, 4.69) is 21.1 Å². The van der Waals surface area contributed by atoms with Gasteiger partial charge in [0.1, 0.15) is 5.75 Å². The van der Waals surface area contributed by atoms with E-state index in [0.717, 1.165) is 22.4 Å². The number of carbonyl (C=O) groups is 2. The first kappa shape index (κ1) is 35.5. The lowest BCUT2D eigenvalue weighted by molar-refractivity contribution is -0.274. The predicted molar refractivity (Wildman–Crippen MR) is 159 cm³/mol. The molecule has 2 N–H and O–H groups in total. The zero-order valence-electron chi connectivity index (χ0n) is 25.1. The van der Waals surface area contributed by atoms with Gasteiger partial charge in [-0.2, -0.15) is 18.4 Å². The van der Waals surface area contributed by atoms with E-state index in [4.69, 9.17) is 15.2 Å². The van der Waals surface area contributed by atoms with Crippen LogP contribution in [0.1, 0.15) is 33.5 Å². The van der Waals surface area contributed by atoms with Gasteiger partial charge in [0.05, 0.1) is 24.0 Å². The number of halogens is 6. The molecule has 252 valence electrons. The minimum atomic E-state index is -5.08. The monoisotopic (exact) mass is 673 g/mol.